The Morgan fingerprint density at radius 2 is 1.10 bits per heavy atom. The molecule has 2 aliphatic carbocycles. The fraction of sp³-hybridized carbons (Fsp3) is 0.0968. The molecule has 0 bridgehead atoms. The molecule has 0 saturated carbocycles. The fourth-order valence-electron chi connectivity index (χ4n) is 6.14. The normalized spacial score (nSPS) is 14.7. The lowest BCUT2D eigenvalue weighted by molar-refractivity contribution is 0.722. The van der Waals surface area contributed by atoms with Crippen LogP contribution < -0.4 is 0 Å². The summed E-state index contributed by atoms with van der Waals surface area (Å²) in [6, 6.07) is 38.9. The minimum atomic E-state index is -0.256. The molecule has 2 aliphatic rings. The Balaban J connectivity index is 1.73. The van der Waals surface area contributed by atoms with Crippen molar-refractivity contribution < 1.29 is 0 Å². The lowest BCUT2D eigenvalue weighted by Crippen LogP contribution is -2.34. The average Bonchev–Trinajstić information content (AvgIpc) is 3.07. The lowest BCUT2D eigenvalue weighted by atomic mass is 9.61. The van der Waals surface area contributed by atoms with Crippen LogP contribution in [-0.4, -0.2) is 0 Å². The van der Waals surface area contributed by atoms with Crippen LogP contribution >= 0.6 is 0 Å². The summed E-state index contributed by atoms with van der Waals surface area (Å²) in [6.45, 7) is 2.20. The van der Waals surface area contributed by atoms with Crippen LogP contribution in [0.4, 0.5) is 0 Å². The number of rotatable bonds is 0. The molecule has 0 fully saturated rings. The molecule has 0 heteroatoms. The van der Waals surface area contributed by atoms with Gasteiger partial charge in [-0.1, -0.05) is 96.6 Å². The van der Waals surface area contributed by atoms with Gasteiger partial charge in [0.05, 0.1) is 5.41 Å². The molecule has 5 aromatic carbocycles. The van der Waals surface area contributed by atoms with Gasteiger partial charge in [-0.3, -0.25) is 0 Å². The monoisotopic (exact) mass is 394 g/mol. The summed E-state index contributed by atoms with van der Waals surface area (Å²) in [5, 5.41) is 2.62. The quantitative estimate of drug-likeness (QED) is 0.251. The van der Waals surface area contributed by atoms with E-state index in [4.69, 9.17) is 0 Å². The van der Waals surface area contributed by atoms with Gasteiger partial charge in [0.25, 0.3) is 0 Å². The van der Waals surface area contributed by atoms with Gasteiger partial charge in [0.15, 0.2) is 0 Å². The van der Waals surface area contributed by atoms with Gasteiger partial charge in [-0.25, -0.2) is 0 Å². The maximum absolute atomic E-state index is 2.46. The first-order valence-corrected chi connectivity index (χ1v) is 11.1. The zero-order chi connectivity index (χ0) is 20.6. The van der Waals surface area contributed by atoms with Crippen molar-refractivity contribution in [3.8, 4) is 11.1 Å². The van der Waals surface area contributed by atoms with Crippen molar-refractivity contribution in [2.45, 2.75) is 18.8 Å². The van der Waals surface area contributed by atoms with Crippen LogP contribution in [0.3, 0.4) is 0 Å². The topological polar surface area (TPSA) is 0 Å². The highest BCUT2D eigenvalue weighted by atomic mass is 14.5. The summed E-state index contributed by atoms with van der Waals surface area (Å²) in [6.07, 6.45) is 0.998. The van der Waals surface area contributed by atoms with Crippen molar-refractivity contribution in [1.29, 1.82) is 0 Å². The Labute approximate surface area is 182 Å². The van der Waals surface area contributed by atoms with E-state index in [1.807, 2.05) is 0 Å². The van der Waals surface area contributed by atoms with Gasteiger partial charge in [-0.15, -0.1) is 0 Å². The molecule has 5 aromatic rings. The van der Waals surface area contributed by atoms with E-state index >= 15 is 0 Å². The second-order valence-corrected chi connectivity index (χ2v) is 9.04. The van der Waals surface area contributed by atoms with E-state index in [0.717, 1.165) is 6.42 Å². The third-order valence-corrected chi connectivity index (χ3v) is 7.38. The van der Waals surface area contributed by atoms with Gasteiger partial charge in [0, 0.05) is 0 Å². The van der Waals surface area contributed by atoms with Gasteiger partial charge in [-0.2, -0.15) is 0 Å². The predicted octanol–water partition coefficient (Wildman–Crippen LogP) is 7.42. The van der Waals surface area contributed by atoms with Crippen molar-refractivity contribution >= 4 is 10.8 Å². The summed E-state index contributed by atoms with van der Waals surface area (Å²) in [7, 11) is 0. The Hall–Kier alpha value is -3.64. The predicted molar refractivity (Wildman–Crippen MR) is 129 cm³/mol. The van der Waals surface area contributed by atoms with E-state index in [2.05, 4.69) is 110 Å². The van der Waals surface area contributed by atoms with E-state index in [0.29, 0.717) is 0 Å². The Morgan fingerprint density at radius 1 is 0.516 bits per heavy atom. The maximum Gasteiger partial charge on any atom is 0.0719 e. The van der Waals surface area contributed by atoms with Crippen molar-refractivity contribution in [3.05, 3.63) is 142 Å². The van der Waals surface area contributed by atoms with E-state index in [9.17, 15) is 0 Å². The first-order chi connectivity index (χ1) is 15.3. The molecule has 0 nitrogen and oxygen atoms in total. The van der Waals surface area contributed by atoms with E-state index in [1.165, 1.54) is 60.8 Å². The molecule has 0 saturated heterocycles. The first-order valence-electron chi connectivity index (χ1n) is 11.1. The fourth-order valence-corrected chi connectivity index (χ4v) is 6.14. The Kier molecular flexibility index (Phi) is 3.28. The number of hydrogen-bond donors (Lipinski definition) is 0. The van der Waals surface area contributed by atoms with E-state index in [-0.39, 0.29) is 5.41 Å². The number of fused-ring (bicyclic) bond motifs is 10. The molecule has 0 radical (unpaired) electrons. The summed E-state index contributed by atoms with van der Waals surface area (Å²) in [5.74, 6) is 0. The second kappa shape index (κ2) is 5.95. The van der Waals surface area contributed by atoms with E-state index < -0.39 is 0 Å². The molecule has 0 atom stereocenters. The van der Waals surface area contributed by atoms with Crippen molar-refractivity contribution in [3.63, 3.8) is 0 Å². The van der Waals surface area contributed by atoms with Crippen molar-refractivity contribution in [1.82, 2.24) is 0 Å². The zero-order valence-corrected chi connectivity index (χ0v) is 17.5. The molecule has 0 N–H and O–H groups in total. The minimum absolute atomic E-state index is 0.256. The summed E-state index contributed by atoms with van der Waals surface area (Å²) < 4.78 is 0. The molecule has 0 aliphatic heterocycles. The smallest absolute Gasteiger partial charge is 0.0620 e. The molecular weight excluding hydrogens is 372 g/mol. The highest BCUT2D eigenvalue weighted by Crippen LogP contribution is 2.59. The van der Waals surface area contributed by atoms with Gasteiger partial charge < -0.3 is 0 Å². The molecule has 1 spiro atoms. The summed E-state index contributed by atoms with van der Waals surface area (Å²) in [4.78, 5) is 0. The molecule has 0 aromatic heterocycles. The highest BCUT2D eigenvalue weighted by molar-refractivity contribution is 5.96. The Bertz CT molecular complexity index is 1470. The third kappa shape index (κ3) is 2.10. The average molecular weight is 395 g/mol. The molecule has 0 amide bonds. The Morgan fingerprint density at radius 3 is 1.81 bits per heavy atom. The minimum Gasteiger partial charge on any atom is -0.0620 e. The van der Waals surface area contributed by atoms with Gasteiger partial charge in [0.2, 0.25) is 0 Å². The maximum atomic E-state index is 2.46. The molecule has 0 unspecified atom stereocenters. The van der Waals surface area contributed by atoms with Crippen LogP contribution in [0.5, 0.6) is 0 Å². The molecular formula is C31H22. The highest BCUT2D eigenvalue weighted by Gasteiger charge is 2.49. The largest absolute Gasteiger partial charge is 0.0719 e. The molecule has 146 valence electrons. The molecule has 7 rings (SSSR count). The van der Waals surface area contributed by atoms with Crippen LogP contribution in [-0.2, 0) is 11.8 Å². The number of aryl methyl sites for hydroxylation is 1. The lowest BCUT2D eigenvalue weighted by Gasteiger charge is -2.40. The van der Waals surface area contributed by atoms with Gasteiger partial charge in [0.1, 0.15) is 0 Å². The van der Waals surface area contributed by atoms with Gasteiger partial charge in [-0.05, 0) is 80.8 Å². The second-order valence-electron chi connectivity index (χ2n) is 9.04. The summed E-state index contributed by atoms with van der Waals surface area (Å²) in [5.41, 5.74) is 12.4. The van der Waals surface area contributed by atoms with Crippen molar-refractivity contribution in [2.24, 2.45) is 0 Å². The SMILES string of the molecule is Cc1ccc2c(c1)-c1cc3ccccc3cc1C21c2ccccc2Cc2ccccc21. The van der Waals surface area contributed by atoms with Gasteiger partial charge >= 0.3 is 0 Å². The standard InChI is InChI=1S/C31H22/c1-20-14-15-29-25(16-20)26-18-21-8-2-3-9-22(21)19-30(26)31(29)27-12-6-4-10-23(27)17-24-11-5-7-13-28(24)31/h2-16,18-19H,17H2,1H3. The molecule has 0 heterocycles. The number of hydrogen-bond acceptors (Lipinski definition) is 0. The third-order valence-electron chi connectivity index (χ3n) is 7.38. The van der Waals surface area contributed by atoms with Crippen LogP contribution in [0, 0.1) is 6.92 Å². The van der Waals surface area contributed by atoms with E-state index in [1.54, 1.807) is 0 Å². The van der Waals surface area contributed by atoms with Crippen LogP contribution in [0.15, 0.2) is 103 Å². The number of benzene rings is 5. The van der Waals surface area contributed by atoms with Crippen molar-refractivity contribution in [2.75, 3.05) is 0 Å². The summed E-state index contributed by atoms with van der Waals surface area (Å²) >= 11 is 0. The first kappa shape index (κ1) is 17.1. The van der Waals surface area contributed by atoms with Crippen LogP contribution in [0.25, 0.3) is 21.9 Å². The van der Waals surface area contributed by atoms with Crippen LogP contribution in [0.2, 0.25) is 0 Å². The molecule has 31 heavy (non-hydrogen) atoms. The van der Waals surface area contributed by atoms with Crippen LogP contribution in [0.1, 0.15) is 38.9 Å². The zero-order valence-electron chi connectivity index (χ0n) is 17.5.